The van der Waals surface area contributed by atoms with Gasteiger partial charge in [-0.2, -0.15) is 0 Å². The van der Waals surface area contributed by atoms with E-state index in [4.69, 9.17) is 29.9 Å². The van der Waals surface area contributed by atoms with Gasteiger partial charge in [-0.3, -0.25) is 0 Å². The van der Waals surface area contributed by atoms with Crippen LogP contribution in [0.4, 0.5) is 0 Å². The van der Waals surface area contributed by atoms with Gasteiger partial charge in [-0.05, 0) is 193 Å². The zero-order valence-electron chi connectivity index (χ0n) is 66.8. The van der Waals surface area contributed by atoms with Crippen molar-refractivity contribution in [3.05, 3.63) is 459 Å². The van der Waals surface area contributed by atoms with Crippen molar-refractivity contribution in [1.82, 2.24) is 29.9 Å². The predicted molar refractivity (Wildman–Crippen MR) is 510 cm³/mol. The number of hydrogen-bond donors (Lipinski definition) is 0. The highest BCUT2D eigenvalue weighted by atomic mass is 15.0. The third-order valence-corrected chi connectivity index (χ3v) is 25.5. The van der Waals surface area contributed by atoms with Crippen LogP contribution in [0.2, 0.25) is 0 Å². The molecule has 0 saturated heterocycles. The lowest BCUT2D eigenvalue weighted by Gasteiger charge is -2.30. The third-order valence-electron chi connectivity index (χ3n) is 25.5. The van der Waals surface area contributed by atoms with E-state index in [1.165, 1.54) is 153 Å². The summed E-state index contributed by atoms with van der Waals surface area (Å²) in [7, 11) is 0. The molecule has 0 fully saturated rings. The van der Waals surface area contributed by atoms with Crippen molar-refractivity contribution in [1.29, 1.82) is 0 Å². The molecule has 2 aliphatic rings. The Morgan fingerprint density at radius 2 is 0.333 bits per heavy atom. The van der Waals surface area contributed by atoms with Gasteiger partial charge in [-0.15, -0.1) is 0 Å². The Labute approximate surface area is 710 Å². The van der Waals surface area contributed by atoms with E-state index in [1.807, 2.05) is 54.6 Å². The normalized spacial score (nSPS) is 12.3. The van der Waals surface area contributed by atoms with Crippen molar-refractivity contribution in [3.8, 4) is 135 Å². The summed E-state index contributed by atoms with van der Waals surface area (Å²) in [5, 5.41) is 20.3. The van der Waals surface area contributed by atoms with E-state index in [1.54, 1.807) is 0 Å². The Bertz CT molecular complexity index is 8150. The molecule has 0 radical (unpaired) electrons. The lowest BCUT2D eigenvalue weighted by Crippen LogP contribution is -2.25. The topological polar surface area (TPSA) is 77.3 Å². The van der Waals surface area contributed by atoms with Crippen LogP contribution in [0, 0.1) is 0 Å². The van der Waals surface area contributed by atoms with E-state index in [-0.39, 0.29) is 0 Å². The summed E-state index contributed by atoms with van der Waals surface area (Å²) >= 11 is 0. The fourth-order valence-corrected chi connectivity index (χ4v) is 19.8. The molecule has 2 aromatic heterocycles. The minimum absolute atomic E-state index is 0.407. The molecule has 0 saturated carbocycles. The number of aromatic nitrogens is 6. The molecule has 0 aliphatic heterocycles. The molecule has 23 aromatic rings. The van der Waals surface area contributed by atoms with Crippen molar-refractivity contribution in [2.45, 2.75) is 5.41 Å². The maximum absolute atomic E-state index is 5.28. The highest BCUT2D eigenvalue weighted by Gasteiger charge is 2.51. The predicted octanol–water partition coefficient (Wildman–Crippen LogP) is 30.0. The van der Waals surface area contributed by atoms with Gasteiger partial charge in [0.05, 0.1) is 5.41 Å². The lowest BCUT2D eigenvalue weighted by molar-refractivity contribution is 0.794. The molecule has 6 nitrogen and oxygen atoms in total. The molecule has 570 valence electrons. The average Bonchev–Trinajstić information content (AvgIpc) is 1.51. The summed E-state index contributed by atoms with van der Waals surface area (Å²) in [6.07, 6.45) is 0. The van der Waals surface area contributed by atoms with Crippen LogP contribution in [0.25, 0.3) is 221 Å². The maximum Gasteiger partial charge on any atom is 0.164 e. The van der Waals surface area contributed by atoms with E-state index in [9.17, 15) is 0 Å². The zero-order chi connectivity index (χ0) is 81.1. The van der Waals surface area contributed by atoms with Crippen LogP contribution in [0.15, 0.2) is 437 Å². The van der Waals surface area contributed by atoms with Crippen LogP contribution >= 0.6 is 0 Å². The van der Waals surface area contributed by atoms with Crippen molar-refractivity contribution < 1.29 is 0 Å². The SMILES string of the molecule is c1ccc(-c2ccc(-c3ccc(-c4nc(-c5ccccc5)nc(-c5ccc(-c6cc7c8ccccc8c8ccccc8c7c7ccccc67)cc5)n4)cc3)cc2)cc1.c1ccc(-c2nc(-c3ccc(-c4cc5c6ccccc6c6ccccc6c5c5ccccc45)cc3)nc(-c3ccc4c(c3)-c3ccccc3C43c4ccccc4-c4ccccc43)n2)cc1. The Hall–Kier alpha value is -16.3. The fourth-order valence-electron chi connectivity index (χ4n) is 19.8. The molecule has 25 rings (SSSR count). The van der Waals surface area contributed by atoms with E-state index in [0.29, 0.717) is 34.9 Å². The number of rotatable bonds is 10. The molecule has 6 heteroatoms. The molecular weight excluding hydrogens is 1490 g/mol. The number of benzene rings is 21. The monoisotopic (exact) mass is 1560 g/mol. The average molecular weight is 1560 g/mol. The van der Waals surface area contributed by atoms with Gasteiger partial charge in [0.1, 0.15) is 0 Å². The van der Waals surface area contributed by atoms with E-state index in [0.717, 1.165) is 55.6 Å². The van der Waals surface area contributed by atoms with Crippen LogP contribution in [0.1, 0.15) is 22.3 Å². The fraction of sp³-hybridized carbons (Fsp3) is 0.00855. The van der Waals surface area contributed by atoms with Gasteiger partial charge in [-0.25, -0.2) is 29.9 Å². The highest BCUT2D eigenvalue weighted by molar-refractivity contribution is 6.34. The molecule has 1 spiro atoms. The van der Waals surface area contributed by atoms with Gasteiger partial charge < -0.3 is 0 Å². The van der Waals surface area contributed by atoms with Crippen molar-refractivity contribution >= 4 is 86.2 Å². The van der Waals surface area contributed by atoms with E-state index < -0.39 is 5.41 Å². The third kappa shape index (κ3) is 11.7. The van der Waals surface area contributed by atoms with E-state index in [2.05, 4.69) is 382 Å². The van der Waals surface area contributed by atoms with Gasteiger partial charge >= 0.3 is 0 Å². The van der Waals surface area contributed by atoms with Crippen LogP contribution in [0.5, 0.6) is 0 Å². The molecule has 0 N–H and O–H groups in total. The Kier molecular flexibility index (Phi) is 16.7. The number of nitrogens with zero attached hydrogens (tertiary/aromatic N) is 6. The summed E-state index contributed by atoms with van der Waals surface area (Å²) < 4.78 is 0. The Morgan fingerprint density at radius 1 is 0.122 bits per heavy atom. The molecular formula is C117H72N6. The molecule has 21 aromatic carbocycles. The van der Waals surface area contributed by atoms with Crippen molar-refractivity contribution in [2.24, 2.45) is 0 Å². The molecule has 0 atom stereocenters. The smallest absolute Gasteiger partial charge is 0.164 e. The molecule has 123 heavy (non-hydrogen) atoms. The van der Waals surface area contributed by atoms with Crippen LogP contribution < -0.4 is 0 Å². The van der Waals surface area contributed by atoms with Gasteiger partial charge in [0.15, 0.2) is 34.9 Å². The van der Waals surface area contributed by atoms with Crippen molar-refractivity contribution in [3.63, 3.8) is 0 Å². The zero-order valence-corrected chi connectivity index (χ0v) is 66.8. The second-order valence-corrected chi connectivity index (χ2v) is 32.1. The standard InChI is InChI=1S/C62H37N3.C55H35N3/c1-2-16-39(17-3-1)59-63-60(40-32-30-38(31-33-40)51-37-53-44-20-5-4-18-42(44)43-19-6-8-25-49(43)58(53)50-26-9-7-21-45(50)51)65-61(64-59)41-34-35-57-52(36-41)48-24-12-15-29-56(48)62(57)54-27-13-10-22-46(54)47-23-11-14-28-55(47)62;1-3-13-36(14-4-1)37-23-25-38(26-24-37)39-27-31-42(32-28-39)54-56-53(41-15-5-2-6-16-41)57-55(58-54)43-33-29-40(30-34-43)50-35-51-46-19-8-7-17-44(46)45-18-9-11-21-48(45)52(51)49-22-12-10-20-47(49)50/h1-37H;1-35H. The second kappa shape index (κ2) is 29.1. The van der Waals surface area contributed by atoms with Crippen LogP contribution in [-0.2, 0) is 5.41 Å². The minimum atomic E-state index is -0.407. The van der Waals surface area contributed by atoms with Gasteiger partial charge in [-0.1, -0.05) is 419 Å². The highest BCUT2D eigenvalue weighted by Crippen LogP contribution is 2.63. The first-order chi connectivity index (χ1) is 61.0. The summed E-state index contributed by atoms with van der Waals surface area (Å²) in [4.78, 5) is 30.7. The molecule has 0 unspecified atom stereocenters. The summed E-state index contributed by atoms with van der Waals surface area (Å²) in [6, 6.07) is 157. The minimum Gasteiger partial charge on any atom is -0.208 e. The first-order valence-electron chi connectivity index (χ1n) is 42.0. The Morgan fingerprint density at radius 3 is 0.683 bits per heavy atom. The molecule has 2 heterocycles. The molecule has 0 amide bonds. The largest absolute Gasteiger partial charge is 0.208 e. The van der Waals surface area contributed by atoms with Crippen LogP contribution in [0.3, 0.4) is 0 Å². The summed E-state index contributed by atoms with van der Waals surface area (Å²) in [5.41, 5.74) is 24.9. The molecule has 2 aliphatic carbocycles. The van der Waals surface area contributed by atoms with E-state index >= 15 is 0 Å². The quantitative estimate of drug-likeness (QED) is 0.127. The summed E-state index contributed by atoms with van der Waals surface area (Å²) in [6.45, 7) is 0. The Balaban J connectivity index is 0.000000140. The first kappa shape index (κ1) is 70.9. The summed E-state index contributed by atoms with van der Waals surface area (Å²) in [5.74, 6) is 3.84. The number of hydrogen-bond acceptors (Lipinski definition) is 6. The van der Waals surface area contributed by atoms with Crippen LogP contribution in [-0.4, -0.2) is 29.9 Å². The number of fused-ring (bicyclic) bond motifs is 26. The van der Waals surface area contributed by atoms with Gasteiger partial charge in [0.25, 0.3) is 0 Å². The molecule has 0 bridgehead atoms. The lowest BCUT2D eigenvalue weighted by atomic mass is 9.70. The van der Waals surface area contributed by atoms with Crippen molar-refractivity contribution in [2.75, 3.05) is 0 Å². The second-order valence-electron chi connectivity index (χ2n) is 32.1. The first-order valence-corrected chi connectivity index (χ1v) is 42.0. The van der Waals surface area contributed by atoms with Gasteiger partial charge in [0, 0.05) is 33.4 Å². The van der Waals surface area contributed by atoms with Gasteiger partial charge in [0.2, 0.25) is 0 Å². The maximum atomic E-state index is 5.28.